The number of rotatable bonds is 5. The van der Waals surface area contributed by atoms with Gasteiger partial charge in [-0.1, -0.05) is 47.6 Å². The summed E-state index contributed by atoms with van der Waals surface area (Å²) < 4.78 is 5.70. The van der Waals surface area contributed by atoms with Crippen LogP contribution >= 0.6 is 23.4 Å². The van der Waals surface area contributed by atoms with Crippen LogP contribution in [0.1, 0.15) is 18.1 Å². The Kier molecular flexibility index (Phi) is 5.64. The number of aryl methyl sites for hydroxylation is 1. The van der Waals surface area contributed by atoms with Crippen molar-refractivity contribution in [2.45, 2.75) is 31.2 Å². The molecule has 0 spiro atoms. The Morgan fingerprint density at radius 3 is 2.69 bits per heavy atom. The van der Waals surface area contributed by atoms with Crippen molar-refractivity contribution in [1.29, 1.82) is 0 Å². The largest absolute Gasteiger partial charge is 0.411 e. The monoisotopic (exact) mass is 387 g/mol. The molecule has 1 amide bonds. The van der Waals surface area contributed by atoms with Crippen molar-refractivity contribution in [3.63, 3.8) is 0 Å². The van der Waals surface area contributed by atoms with Crippen molar-refractivity contribution in [2.75, 3.05) is 5.32 Å². The predicted molar refractivity (Wildman–Crippen MR) is 105 cm³/mol. The lowest BCUT2D eigenvalue weighted by Crippen LogP contribution is -2.22. The maximum absolute atomic E-state index is 12.4. The Morgan fingerprint density at radius 1 is 1.15 bits per heavy atom. The summed E-state index contributed by atoms with van der Waals surface area (Å²) in [5.41, 5.74) is 3.47. The van der Waals surface area contributed by atoms with E-state index in [1.807, 2.05) is 44.2 Å². The molecule has 7 heteroatoms. The van der Waals surface area contributed by atoms with Crippen LogP contribution < -0.4 is 5.32 Å². The molecular formula is C19H18ClN3O2S. The zero-order valence-electron chi connectivity index (χ0n) is 14.6. The van der Waals surface area contributed by atoms with Crippen molar-refractivity contribution in [3.05, 3.63) is 58.6 Å². The SMILES string of the molecule is Cc1ccccc1-c1nnc(SC(C)C(=O)Nc2cccc(Cl)c2C)o1. The van der Waals surface area contributed by atoms with Gasteiger partial charge in [0.05, 0.1) is 5.25 Å². The molecule has 1 atom stereocenters. The van der Waals surface area contributed by atoms with E-state index in [9.17, 15) is 4.79 Å². The first-order valence-corrected chi connectivity index (χ1v) is 9.33. The van der Waals surface area contributed by atoms with Crippen molar-refractivity contribution >= 4 is 35.0 Å². The number of hydrogen-bond donors (Lipinski definition) is 1. The lowest BCUT2D eigenvalue weighted by molar-refractivity contribution is -0.115. The summed E-state index contributed by atoms with van der Waals surface area (Å²) in [6.07, 6.45) is 0. The third-order valence-corrected chi connectivity index (χ3v) is 5.30. The van der Waals surface area contributed by atoms with Crippen LogP contribution in [0.5, 0.6) is 0 Å². The van der Waals surface area contributed by atoms with E-state index < -0.39 is 5.25 Å². The van der Waals surface area contributed by atoms with Gasteiger partial charge in [0.25, 0.3) is 5.22 Å². The van der Waals surface area contributed by atoms with Crippen LogP contribution in [0.3, 0.4) is 0 Å². The number of nitrogens with zero attached hydrogens (tertiary/aromatic N) is 2. The van der Waals surface area contributed by atoms with Crippen LogP contribution in [0.15, 0.2) is 52.1 Å². The summed E-state index contributed by atoms with van der Waals surface area (Å²) in [7, 11) is 0. The molecule has 2 aromatic carbocycles. The molecule has 134 valence electrons. The minimum absolute atomic E-state index is 0.156. The minimum Gasteiger partial charge on any atom is -0.411 e. The minimum atomic E-state index is -0.404. The van der Waals surface area contributed by atoms with Crippen LogP contribution in [-0.4, -0.2) is 21.4 Å². The smallest absolute Gasteiger partial charge is 0.277 e. The molecule has 0 aliphatic rings. The summed E-state index contributed by atoms with van der Waals surface area (Å²) in [5, 5.41) is 11.6. The second-order valence-corrected chi connectivity index (χ2v) is 7.55. The summed E-state index contributed by atoms with van der Waals surface area (Å²) in [5.74, 6) is 0.292. The zero-order chi connectivity index (χ0) is 18.7. The fraction of sp³-hybridized carbons (Fsp3) is 0.211. The molecule has 0 saturated heterocycles. The fourth-order valence-corrected chi connectivity index (χ4v) is 3.22. The van der Waals surface area contributed by atoms with Crippen molar-refractivity contribution in [1.82, 2.24) is 10.2 Å². The maximum atomic E-state index is 12.4. The first kappa shape index (κ1) is 18.5. The normalized spacial score (nSPS) is 12.0. The Labute approximate surface area is 161 Å². The molecule has 1 aromatic heterocycles. The molecule has 5 nitrogen and oxygen atoms in total. The van der Waals surface area contributed by atoms with E-state index in [1.54, 1.807) is 19.1 Å². The van der Waals surface area contributed by atoms with Gasteiger partial charge in [0.2, 0.25) is 11.8 Å². The fourth-order valence-electron chi connectivity index (χ4n) is 2.36. The highest BCUT2D eigenvalue weighted by molar-refractivity contribution is 8.00. The Hall–Kier alpha value is -2.31. The molecule has 1 unspecified atom stereocenters. The highest BCUT2D eigenvalue weighted by atomic mass is 35.5. The molecule has 3 rings (SSSR count). The first-order valence-electron chi connectivity index (χ1n) is 8.08. The van der Waals surface area contributed by atoms with Crippen LogP contribution in [0.2, 0.25) is 5.02 Å². The number of nitrogens with one attached hydrogen (secondary N) is 1. The second-order valence-electron chi connectivity index (χ2n) is 5.85. The Balaban J connectivity index is 1.68. The Morgan fingerprint density at radius 2 is 1.92 bits per heavy atom. The van der Waals surface area contributed by atoms with Gasteiger partial charge < -0.3 is 9.73 Å². The van der Waals surface area contributed by atoms with E-state index in [1.165, 1.54) is 11.8 Å². The van der Waals surface area contributed by atoms with E-state index >= 15 is 0 Å². The quantitative estimate of drug-likeness (QED) is 0.615. The van der Waals surface area contributed by atoms with E-state index in [0.29, 0.717) is 21.8 Å². The van der Waals surface area contributed by atoms with Crippen LogP contribution in [0.4, 0.5) is 5.69 Å². The first-order chi connectivity index (χ1) is 12.5. The highest BCUT2D eigenvalue weighted by Crippen LogP contribution is 2.29. The summed E-state index contributed by atoms with van der Waals surface area (Å²) in [4.78, 5) is 12.4. The number of amides is 1. The molecule has 3 aromatic rings. The van der Waals surface area contributed by atoms with Gasteiger partial charge >= 0.3 is 0 Å². The van der Waals surface area contributed by atoms with E-state index in [2.05, 4.69) is 15.5 Å². The molecule has 0 aliphatic heterocycles. The average Bonchev–Trinajstić information content (AvgIpc) is 3.07. The number of aromatic nitrogens is 2. The van der Waals surface area contributed by atoms with Crippen LogP contribution in [0, 0.1) is 13.8 Å². The zero-order valence-corrected chi connectivity index (χ0v) is 16.2. The van der Waals surface area contributed by atoms with Gasteiger partial charge in [0.15, 0.2) is 0 Å². The summed E-state index contributed by atoms with van der Waals surface area (Å²) in [6.45, 7) is 5.63. The molecule has 1 heterocycles. The molecule has 0 fully saturated rings. The standard InChI is InChI=1S/C19H18ClN3O2S/c1-11-7-4-5-8-14(11)18-22-23-19(25-18)26-13(3)17(24)21-16-10-6-9-15(20)12(16)2/h4-10,13H,1-3H3,(H,21,24). The van der Waals surface area contributed by atoms with Gasteiger partial charge in [-0.25, -0.2) is 0 Å². The van der Waals surface area contributed by atoms with Gasteiger partial charge in [-0.2, -0.15) is 0 Å². The number of carbonyl (C=O) groups is 1. The number of hydrogen-bond acceptors (Lipinski definition) is 5. The topological polar surface area (TPSA) is 68.0 Å². The maximum Gasteiger partial charge on any atom is 0.277 e. The van der Waals surface area contributed by atoms with E-state index in [-0.39, 0.29) is 5.91 Å². The lowest BCUT2D eigenvalue weighted by Gasteiger charge is -2.12. The Bertz CT molecular complexity index is 942. The molecule has 26 heavy (non-hydrogen) atoms. The van der Waals surface area contributed by atoms with Gasteiger partial charge in [0.1, 0.15) is 0 Å². The summed E-state index contributed by atoms with van der Waals surface area (Å²) >= 11 is 7.31. The molecule has 0 radical (unpaired) electrons. The molecule has 1 N–H and O–H groups in total. The number of halogens is 1. The third kappa shape index (κ3) is 4.08. The number of anilines is 1. The number of carbonyl (C=O) groups excluding carboxylic acids is 1. The van der Waals surface area contributed by atoms with Crippen LogP contribution in [-0.2, 0) is 4.79 Å². The second kappa shape index (κ2) is 7.93. The van der Waals surface area contributed by atoms with Crippen molar-refractivity contribution < 1.29 is 9.21 Å². The molecular weight excluding hydrogens is 370 g/mol. The van der Waals surface area contributed by atoms with Gasteiger partial charge in [-0.05, 0) is 50.1 Å². The summed E-state index contributed by atoms with van der Waals surface area (Å²) in [6, 6.07) is 13.2. The molecule has 0 bridgehead atoms. The number of thioether (sulfide) groups is 1. The number of benzene rings is 2. The van der Waals surface area contributed by atoms with Gasteiger partial charge in [0, 0.05) is 16.3 Å². The van der Waals surface area contributed by atoms with E-state index in [4.69, 9.17) is 16.0 Å². The van der Waals surface area contributed by atoms with Crippen molar-refractivity contribution in [2.24, 2.45) is 0 Å². The predicted octanol–water partition coefficient (Wildman–Crippen LogP) is 5.13. The lowest BCUT2D eigenvalue weighted by atomic mass is 10.1. The third-order valence-electron chi connectivity index (χ3n) is 3.95. The van der Waals surface area contributed by atoms with Crippen molar-refractivity contribution in [3.8, 4) is 11.5 Å². The van der Waals surface area contributed by atoms with Gasteiger partial charge in [-0.3, -0.25) is 4.79 Å². The molecule has 0 saturated carbocycles. The van der Waals surface area contributed by atoms with Crippen LogP contribution in [0.25, 0.3) is 11.5 Å². The highest BCUT2D eigenvalue weighted by Gasteiger charge is 2.20. The van der Waals surface area contributed by atoms with E-state index in [0.717, 1.165) is 16.7 Å². The average molecular weight is 388 g/mol. The van der Waals surface area contributed by atoms with Gasteiger partial charge in [-0.15, -0.1) is 10.2 Å². The molecule has 0 aliphatic carbocycles.